The van der Waals surface area contributed by atoms with Crippen molar-refractivity contribution < 1.29 is 33.1 Å². The molecule has 4 heterocycles. The second-order valence-corrected chi connectivity index (χ2v) is 39.0. The van der Waals surface area contributed by atoms with E-state index in [1.54, 1.807) is 79.4 Å². The van der Waals surface area contributed by atoms with Crippen LogP contribution < -0.4 is 65.5 Å². The topological polar surface area (TPSA) is 360 Å². The third-order valence-electron chi connectivity index (χ3n) is 26.9. The molecule has 0 radical (unpaired) electrons. The van der Waals surface area contributed by atoms with Crippen molar-refractivity contribution in [3.63, 3.8) is 0 Å². The summed E-state index contributed by atoms with van der Waals surface area (Å²) < 4.78 is 36.4. The lowest BCUT2D eigenvalue weighted by atomic mass is 9.96. The number of nitrogens with two attached hydrogens (primary N) is 4. The van der Waals surface area contributed by atoms with E-state index >= 15 is 0 Å². The quantitative estimate of drug-likeness (QED) is 0.0172. The number of aromatic nitrogens is 8. The van der Waals surface area contributed by atoms with Crippen molar-refractivity contribution >= 4 is 46.4 Å². The maximum atomic E-state index is 15.0. The second kappa shape index (κ2) is 48.1. The van der Waals surface area contributed by atoms with Crippen LogP contribution in [0.5, 0.6) is 5.75 Å². The van der Waals surface area contributed by atoms with E-state index in [-0.39, 0.29) is 53.1 Å². The Morgan fingerprint density at radius 2 is 0.592 bits per heavy atom. The molecule has 0 bridgehead atoms. The normalized spacial score (nSPS) is 13.9. The molecule has 147 heavy (non-hydrogen) atoms. The average Bonchev–Trinajstić information content (AvgIpc) is 1.66. The van der Waals surface area contributed by atoms with Crippen LogP contribution in [0, 0.1) is 76.8 Å². The fraction of sp³-hybridized carbons (Fsp3) is 0.267. The number of benzene rings is 12. The van der Waals surface area contributed by atoms with Gasteiger partial charge in [0, 0.05) is 37.6 Å². The van der Waals surface area contributed by atoms with Crippen LogP contribution in [0.2, 0.25) is 0 Å². The van der Waals surface area contributed by atoms with Crippen molar-refractivity contribution in [1.82, 2.24) is 60.4 Å². The van der Waals surface area contributed by atoms with E-state index in [1.165, 1.54) is 80.2 Å². The minimum atomic E-state index is -0.491. The van der Waals surface area contributed by atoms with Gasteiger partial charge in [0.05, 0.1) is 81.1 Å². The minimum Gasteiger partial charge on any atom is -0.508 e. The number of amides is 4. The fourth-order valence-electron chi connectivity index (χ4n) is 18.1. The SMILES string of the molecule is CCc1ccc(C(NCC2CC2)c2ccc(F)c(NC(=O)c3cc(C)nn3-c3cccc(CN)c3)c2)cc1.Cc1cc(C(=O)Nc2cccc(C(NCC3CC3)c3cccc(O)c3)c2)n(-c2cccc(CN)c2)n1.Cc1ccc(C(NCC2CC2)c2cccc(NC(=O)c3cc(C)nn3-c3cccc(CN)c3)c2)cc1.Cc1cccc(C(NCC2CC2)c2ccc(F)c(NC(=O)c3cc(C)nn3-c3cccc(CN)c3)c2)c1. The molecule has 0 saturated heterocycles. The van der Waals surface area contributed by atoms with Gasteiger partial charge in [-0.3, -0.25) is 19.2 Å². The molecule has 0 aliphatic heterocycles. The Morgan fingerprint density at radius 1 is 0.306 bits per heavy atom. The third-order valence-corrected chi connectivity index (χ3v) is 26.9. The van der Waals surface area contributed by atoms with Gasteiger partial charge < -0.3 is 70.6 Å². The Labute approximate surface area is 857 Å². The largest absolute Gasteiger partial charge is 0.508 e. The summed E-state index contributed by atoms with van der Waals surface area (Å²) >= 11 is 0. The molecule has 25 nitrogen and oxygen atoms in total. The van der Waals surface area contributed by atoms with Gasteiger partial charge in [-0.15, -0.1) is 0 Å². The molecule has 4 aromatic heterocycles. The number of halogens is 2. The number of hydrogen-bond acceptors (Lipinski definition) is 17. The standard InChI is InChI=1S/C31H34FN5O.C30H32FN5O.C30H33N5O.C29H31N5O2/c1-3-21-9-11-24(12-10-21)30(34-19-22-7-8-22)25-13-14-27(32)28(17-25)35-31(38)29-15-20(2)36-37(29)26-6-4-5-23(16-26)18-33;1-19-5-3-7-23(13-19)29(33-18-21-9-10-21)24-11-12-26(31)27(16-24)34-30(37)28-14-20(2)35-36(28)25-8-4-6-22(15-25)17-32;1-20-9-13-24(14-10-20)29(32-19-22-11-12-22)25-6-4-7-26(17-25)33-30(36)28-15-21(2)34-35(28)27-8-3-5-23(16-27)18-31;1-19-13-27(34(33-19)25-9-2-5-21(14-25)17-30)29(36)32-24-8-3-6-22(15-24)28(31-18-20-11-12-20)23-7-4-10-26(35)16-23/h4-6,9-17,22,30,34H,3,7-8,18-19,33H2,1-2H3,(H,35,38);3-8,11-16,21,29,33H,9-10,17-18,32H2,1-2H3,(H,34,37);3-10,13-17,22,29,32H,11-12,18-19,31H2,1-2H3,(H,33,36);2-10,13-16,20,28,31,35H,11-12,17-18,30H2,1H3,(H,32,36). The zero-order valence-corrected chi connectivity index (χ0v) is 84.2. The maximum Gasteiger partial charge on any atom is 0.274 e. The van der Waals surface area contributed by atoms with Crippen LogP contribution in [0.4, 0.5) is 31.5 Å². The lowest BCUT2D eigenvalue weighted by molar-refractivity contribution is 0.101. The number of hydrogen-bond donors (Lipinski definition) is 13. The van der Waals surface area contributed by atoms with Crippen molar-refractivity contribution in [1.29, 1.82) is 0 Å². The summed E-state index contributed by atoms with van der Waals surface area (Å²) in [5.74, 6) is 0.777. The van der Waals surface area contributed by atoms with Gasteiger partial charge in [-0.05, 0) is 355 Å². The highest BCUT2D eigenvalue weighted by Crippen LogP contribution is 2.38. The van der Waals surface area contributed by atoms with Gasteiger partial charge in [0.1, 0.15) is 40.2 Å². The molecule has 20 rings (SSSR count). The molecule has 4 unspecified atom stereocenters. The first kappa shape index (κ1) is 103. The molecule has 754 valence electrons. The molecule has 4 fully saturated rings. The molecule has 27 heteroatoms. The van der Waals surface area contributed by atoms with Gasteiger partial charge in [-0.25, -0.2) is 27.5 Å². The number of carbonyl (C=O) groups excluding carboxylic acids is 4. The number of carbonyl (C=O) groups is 4. The number of rotatable bonds is 37. The number of aryl methyl sites for hydroxylation is 7. The molecular formula is C120H130F2N20O5. The van der Waals surface area contributed by atoms with Gasteiger partial charge in [-0.2, -0.15) is 20.4 Å². The lowest BCUT2D eigenvalue weighted by Crippen LogP contribution is -2.25. The monoisotopic (exact) mass is 1970 g/mol. The van der Waals surface area contributed by atoms with Crippen LogP contribution in [-0.2, 0) is 32.6 Å². The molecule has 4 amide bonds. The first-order chi connectivity index (χ1) is 71.3. The summed E-state index contributed by atoms with van der Waals surface area (Å²) in [6, 6.07) is 96.0. The Balaban J connectivity index is 0.000000134. The molecule has 16 aromatic rings. The van der Waals surface area contributed by atoms with Gasteiger partial charge in [-0.1, -0.05) is 188 Å². The molecule has 12 aromatic carbocycles. The number of phenolic OH excluding ortho intramolecular Hbond substituents is 1. The summed E-state index contributed by atoms with van der Waals surface area (Å²) in [5.41, 5.74) is 48.3. The van der Waals surface area contributed by atoms with Crippen LogP contribution in [0.25, 0.3) is 22.7 Å². The highest BCUT2D eigenvalue weighted by atomic mass is 19.1. The predicted molar refractivity (Wildman–Crippen MR) is 579 cm³/mol. The number of anilines is 4. The maximum absolute atomic E-state index is 15.0. The average molecular weight is 1970 g/mol. The summed E-state index contributed by atoms with van der Waals surface area (Å²) in [7, 11) is 0. The van der Waals surface area contributed by atoms with Crippen molar-refractivity contribution in [2.24, 2.45) is 46.6 Å². The van der Waals surface area contributed by atoms with Gasteiger partial charge >= 0.3 is 0 Å². The van der Waals surface area contributed by atoms with E-state index in [1.807, 2.05) is 179 Å². The molecule has 4 aliphatic rings. The summed E-state index contributed by atoms with van der Waals surface area (Å²) in [6.07, 6.45) is 11.0. The predicted octanol–water partition coefficient (Wildman–Crippen LogP) is 21.1. The van der Waals surface area contributed by atoms with Crippen LogP contribution in [-0.4, -0.2) is 94.0 Å². The van der Waals surface area contributed by atoms with Crippen LogP contribution in [0.1, 0.15) is 231 Å². The summed E-state index contributed by atoms with van der Waals surface area (Å²) in [5, 5.41) is 54.6. The van der Waals surface area contributed by atoms with E-state index in [2.05, 4.69) is 163 Å². The Bertz CT molecular complexity index is 7300. The van der Waals surface area contributed by atoms with E-state index in [0.717, 1.165) is 145 Å². The molecule has 17 N–H and O–H groups in total. The van der Waals surface area contributed by atoms with E-state index in [0.29, 0.717) is 83.8 Å². The number of nitrogens with one attached hydrogen (secondary N) is 8. The van der Waals surface area contributed by atoms with E-state index in [9.17, 15) is 33.1 Å². The molecule has 0 spiro atoms. The molecule has 4 saturated carbocycles. The van der Waals surface area contributed by atoms with Gasteiger partial charge in [0.2, 0.25) is 0 Å². The summed E-state index contributed by atoms with van der Waals surface area (Å²) in [6.45, 7) is 19.0. The van der Waals surface area contributed by atoms with Crippen LogP contribution >= 0.6 is 0 Å². The Hall–Kier alpha value is -15.3. The van der Waals surface area contributed by atoms with Crippen molar-refractivity contribution in [3.05, 3.63) is 444 Å². The second-order valence-electron chi connectivity index (χ2n) is 39.0. The van der Waals surface area contributed by atoms with E-state index in [4.69, 9.17) is 22.9 Å². The molecule has 4 aliphatic carbocycles. The number of phenols is 1. The Kier molecular flexibility index (Phi) is 33.8. The van der Waals surface area contributed by atoms with E-state index < -0.39 is 23.4 Å². The minimum absolute atomic E-state index is 0.0647. The fourth-order valence-corrected chi connectivity index (χ4v) is 18.1. The van der Waals surface area contributed by atoms with Crippen LogP contribution in [0.15, 0.2) is 303 Å². The zero-order valence-electron chi connectivity index (χ0n) is 84.2. The third kappa shape index (κ3) is 27.5. The molecular weight excluding hydrogens is 1840 g/mol. The van der Waals surface area contributed by atoms with Gasteiger partial charge in [0.25, 0.3) is 23.6 Å². The van der Waals surface area contributed by atoms with Crippen molar-refractivity contribution in [3.8, 4) is 28.5 Å². The van der Waals surface area contributed by atoms with Gasteiger partial charge in [0.15, 0.2) is 0 Å². The van der Waals surface area contributed by atoms with Crippen molar-refractivity contribution in [2.45, 2.75) is 157 Å². The zero-order chi connectivity index (χ0) is 103. The smallest absolute Gasteiger partial charge is 0.274 e. The lowest BCUT2D eigenvalue weighted by Gasteiger charge is -2.21. The highest BCUT2D eigenvalue weighted by molar-refractivity contribution is 6.06. The first-order valence-electron chi connectivity index (χ1n) is 50.8. The van der Waals surface area contributed by atoms with Crippen molar-refractivity contribution in [2.75, 3.05) is 47.4 Å². The highest BCUT2D eigenvalue weighted by Gasteiger charge is 2.31. The summed E-state index contributed by atoms with van der Waals surface area (Å²) in [4.78, 5) is 53.5. The number of nitrogens with zero attached hydrogens (tertiary/aromatic N) is 8. The van der Waals surface area contributed by atoms with Crippen LogP contribution in [0.3, 0.4) is 0 Å². The first-order valence-corrected chi connectivity index (χ1v) is 50.8. The number of aromatic hydroxyl groups is 1. The molecule has 4 atom stereocenters. The Morgan fingerprint density at radius 3 is 0.912 bits per heavy atom.